The van der Waals surface area contributed by atoms with Crippen LogP contribution in [-0.2, 0) is 13.0 Å². The highest BCUT2D eigenvalue weighted by Crippen LogP contribution is 2.22. The van der Waals surface area contributed by atoms with Crippen molar-refractivity contribution in [2.45, 2.75) is 18.2 Å². The van der Waals surface area contributed by atoms with E-state index in [2.05, 4.69) is 15.3 Å². The summed E-state index contributed by atoms with van der Waals surface area (Å²) in [5.41, 5.74) is 2.56. The van der Waals surface area contributed by atoms with Gasteiger partial charge in [-0.05, 0) is 30.4 Å². The topological polar surface area (TPSA) is 78.3 Å². The molecule has 0 aliphatic heterocycles. The molecule has 0 saturated carbocycles. The molecular weight excluding hydrogens is 274 g/mol. The van der Waals surface area contributed by atoms with Crippen LogP contribution in [0.2, 0.25) is 0 Å². The van der Waals surface area contributed by atoms with Crippen LogP contribution in [0, 0.1) is 0 Å². The summed E-state index contributed by atoms with van der Waals surface area (Å²) < 4.78 is 0. The van der Waals surface area contributed by atoms with Crippen LogP contribution in [0.3, 0.4) is 0 Å². The smallest absolute Gasteiger partial charge is 0.189 e. The van der Waals surface area contributed by atoms with Gasteiger partial charge in [0.25, 0.3) is 0 Å². The van der Waals surface area contributed by atoms with Gasteiger partial charge in [0.2, 0.25) is 0 Å². The minimum atomic E-state index is -0.118. The second-order valence-electron chi connectivity index (χ2n) is 4.19. The van der Waals surface area contributed by atoms with Crippen LogP contribution in [0.1, 0.15) is 11.1 Å². The number of aromatic nitrogens is 2. The lowest BCUT2D eigenvalue weighted by Crippen LogP contribution is -2.02. The fourth-order valence-electron chi connectivity index (χ4n) is 1.78. The predicted molar refractivity (Wildman–Crippen MR) is 80.3 cm³/mol. The van der Waals surface area contributed by atoms with Crippen LogP contribution in [0.15, 0.2) is 35.6 Å². The summed E-state index contributed by atoms with van der Waals surface area (Å²) in [6.45, 7) is 0.00278. The molecule has 0 bridgehead atoms. The van der Waals surface area contributed by atoms with Crippen LogP contribution in [-0.4, -0.2) is 33.0 Å². The Labute approximate surface area is 122 Å². The van der Waals surface area contributed by atoms with E-state index in [4.69, 9.17) is 5.11 Å². The highest BCUT2D eigenvalue weighted by Gasteiger charge is 2.07. The summed E-state index contributed by atoms with van der Waals surface area (Å²) in [5.74, 6) is 0.605. The second kappa shape index (κ2) is 7.23. The Kier molecular flexibility index (Phi) is 5.34. The SMILES string of the molecule is CSc1ncc(CO)c(Nc2cccc(CCO)c2)n1. The second-order valence-corrected chi connectivity index (χ2v) is 4.96. The van der Waals surface area contributed by atoms with E-state index in [9.17, 15) is 5.11 Å². The predicted octanol–water partition coefficient (Wildman–Crippen LogP) is 1.97. The van der Waals surface area contributed by atoms with Gasteiger partial charge in [0.15, 0.2) is 5.16 Å². The molecule has 0 fully saturated rings. The van der Waals surface area contributed by atoms with Crippen molar-refractivity contribution in [3.05, 3.63) is 41.6 Å². The summed E-state index contributed by atoms with van der Waals surface area (Å²) >= 11 is 1.45. The third kappa shape index (κ3) is 3.69. The average Bonchev–Trinajstić information content (AvgIpc) is 2.48. The summed E-state index contributed by atoms with van der Waals surface area (Å²) in [7, 11) is 0. The first-order valence-corrected chi connectivity index (χ1v) is 7.47. The molecule has 2 rings (SSSR count). The zero-order valence-electron chi connectivity index (χ0n) is 11.2. The number of nitrogens with one attached hydrogen (secondary N) is 1. The van der Waals surface area contributed by atoms with E-state index in [-0.39, 0.29) is 13.2 Å². The standard InChI is InChI=1S/C14H17N3O2S/c1-20-14-15-8-11(9-19)13(17-14)16-12-4-2-3-10(7-12)5-6-18/h2-4,7-8,18-19H,5-6,9H2,1H3,(H,15,16,17). The molecule has 20 heavy (non-hydrogen) atoms. The molecule has 1 aromatic carbocycles. The Hall–Kier alpha value is -1.63. The summed E-state index contributed by atoms with van der Waals surface area (Å²) in [6.07, 6.45) is 4.14. The fraction of sp³-hybridized carbons (Fsp3) is 0.286. The normalized spacial score (nSPS) is 10.6. The molecule has 106 valence electrons. The molecule has 3 N–H and O–H groups in total. The molecule has 0 aliphatic rings. The van der Waals surface area contributed by atoms with Crippen molar-refractivity contribution in [1.82, 2.24) is 9.97 Å². The summed E-state index contributed by atoms with van der Waals surface area (Å²) in [4.78, 5) is 8.50. The Balaban J connectivity index is 2.26. The largest absolute Gasteiger partial charge is 0.396 e. The number of rotatable bonds is 6. The lowest BCUT2D eigenvalue weighted by molar-refractivity contribution is 0.281. The Morgan fingerprint density at radius 1 is 1.30 bits per heavy atom. The molecule has 0 spiro atoms. The lowest BCUT2D eigenvalue weighted by atomic mass is 10.1. The Morgan fingerprint density at radius 2 is 2.15 bits per heavy atom. The lowest BCUT2D eigenvalue weighted by Gasteiger charge is -2.11. The molecule has 1 heterocycles. The fourth-order valence-corrected chi connectivity index (χ4v) is 2.12. The van der Waals surface area contributed by atoms with Crippen molar-refractivity contribution in [3.63, 3.8) is 0 Å². The molecule has 0 radical (unpaired) electrons. The van der Waals surface area contributed by atoms with E-state index in [1.54, 1.807) is 6.20 Å². The maximum absolute atomic E-state index is 9.34. The van der Waals surface area contributed by atoms with Crippen LogP contribution in [0.25, 0.3) is 0 Å². The van der Waals surface area contributed by atoms with E-state index in [1.165, 1.54) is 11.8 Å². The van der Waals surface area contributed by atoms with E-state index >= 15 is 0 Å². The van der Waals surface area contributed by atoms with Gasteiger partial charge in [-0.1, -0.05) is 23.9 Å². The van der Waals surface area contributed by atoms with Gasteiger partial charge in [-0.15, -0.1) is 0 Å². The summed E-state index contributed by atoms with van der Waals surface area (Å²) in [6, 6.07) is 7.76. The van der Waals surface area contributed by atoms with Crippen molar-refractivity contribution >= 4 is 23.3 Å². The molecule has 0 aliphatic carbocycles. The van der Waals surface area contributed by atoms with Crippen LogP contribution < -0.4 is 5.32 Å². The molecule has 0 amide bonds. The number of thioether (sulfide) groups is 1. The number of benzene rings is 1. The zero-order chi connectivity index (χ0) is 14.4. The first kappa shape index (κ1) is 14.8. The molecular formula is C14H17N3O2S. The molecule has 1 aromatic heterocycles. The van der Waals surface area contributed by atoms with Crippen LogP contribution in [0.5, 0.6) is 0 Å². The molecule has 0 atom stereocenters. The minimum absolute atomic E-state index is 0.118. The number of nitrogens with zero attached hydrogens (tertiary/aromatic N) is 2. The van der Waals surface area contributed by atoms with Crippen molar-refractivity contribution in [1.29, 1.82) is 0 Å². The molecule has 6 heteroatoms. The van der Waals surface area contributed by atoms with Gasteiger partial charge in [-0.25, -0.2) is 9.97 Å². The average molecular weight is 291 g/mol. The number of aliphatic hydroxyl groups is 2. The van der Waals surface area contributed by atoms with Crippen molar-refractivity contribution in [3.8, 4) is 0 Å². The Bertz CT molecular complexity index is 578. The van der Waals surface area contributed by atoms with Gasteiger partial charge in [-0.3, -0.25) is 0 Å². The Morgan fingerprint density at radius 3 is 2.85 bits per heavy atom. The summed E-state index contributed by atoms with van der Waals surface area (Å²) in [5, 5.41) is 22.2. The van der Waals surface area contributed by atoms with E-state index in [0.29, 0.717) is 23.0 Å². The monoisotopic (exact) mass is 291 g/mol. The highest BCUT2D eigenvalue weighted by atomic mass is 32.2. The molecule has 0 unspecified atom stereocenters. The molecule has 2 aromatic rings. The number of anilines is 2. The number of hydrogen-bond donors (Lipinski definition) is 3. The van der Waals surface area contributed by atoms with Gasteiger partial charge in [-0.2, -0.15) is 0 Å². The van der Waals surface area contributed by atoms with Gasteiger partial charge < -0.3 is 15.5 Å². The van der Waals surface area contributed by atoms with Crippen LogP contribution in [0.4, 0.5) is 11.5 Å². The van der Waals surface area contributed by atoms with Crippen molar-refractivity contribution < 1.29 is 10.2 Å². The molecule has 0 saturated heterocycles. The third-order valence-corrected chi connectivity index (χ3v) is 3.35. The third-order valence-electron chi connectivity index (χ3n) is 2.79. The van der Waals surface area contributed by atoms with Gasteiger partial charge in [0, 0.05) is 24.1 Å². The van der Waals surface area contributed by atoms with Gasteiger partial charge in [0.1, 0.15) is 5.82 Å². The van der Waals surface area contributed by atoms with Gasteiger partial charge in [0.05, 0.1) is 6.61 Å². The quantitative estimate of drug-likeness (QED) is 0.558. The van der Waals surface area contributed by atoms with E-state index in [0.717, 1.165) is 11.3 Å². The number of aliphatic hydroxyl groups excluding tert-OH is 2. The van der Waals surface area contributed by atoms with Crippen molar-refractivity contribution in [2.75, 3.05) is 18.2 Å². The first-order valence-electron chi connectivity index (χ1n) is 6.24. The highest BCUT2D eigenvalue weighted by molar-refractivity contribution is 7.98. The van der Waals surface area contributed by atoms with E-state index < -0.39 is 0 Å². The minimum Gasteiger partial charge on any atom is -0.396 e. The van der Waals surface area contributed by atoms with Crippen molar-refractivity contribution in [2.24, 2.45) is 0 Å². The number of hydrogen-bond acceptors (Lipinski definition) is 6. The molecule has 5 nitrogen and oxygen atoms in total. The maximum Gasteiger partial charge on any atom is 0.189 e. The van der Waals surface area contributed by atoms with Gasteiger partial charge >= 0.3 is 0 Å². The first-order chi connectivity index (χ1) is 9.76. The maximum atomic E-state index is 9.34. The zero-order valence-corrected chi connectivity index (χ0v) is 12.0. The van der Waals surface area contributed by atoms with Crippen LogP contribution >= 0.6 is 11.8 Å². The van der Waals surface area contributed by atoms with E-state index in [1.807, 2.05) is 30.5 Å².